The molecule has 0 saturated heterocycles. The van der Waals surface area contributed by atoms with Crippen LogP contribution in [0.1, 0.15) is 66.2 Å². The Balaban J connectivity index is 3.82. The van der Waals surface area contributed by atoms with Crippen LogP contribution in [0, 0.1) is 11.8 Å². The monoisotopic (exact) mass is 298 g/mol. The molecule has 0 aromatic rings. The van der Waals surface area contributed by atoms with Gasteiger partial charge in [0.15, 0.2) is 8.32 Å². The first-order valence-corrected chi connectivity index (χ1v) is 10.9. The van der Waals surface area contributed by atoms with Gasteiger partial charge in [-0.15, -0.1) is 0 Å². The minimum absolute atomic E-state index is 0.249. The van der Waals surface area contributed by atoms with Crippen LogP contribution in [-0.2, 0) is 4.43 Å². The second-order valence-electron chi connectivity index (χ2n) is 7.05. The lowest BCUT2D eigenvalue weighted by atomic mass is 10.1. The number of hydrogen-bond acceptors (Lipinski definition) is 2. The average Bonchev–Trinajstić information content (AvgIpc) is 2.32. The van der Waals surface area contributed by atoms with E-state index in [9.17, 15) is 5.11 Å². The molecule has 3 heteroatoms. The number of aliphatic hydroxyl groups excluding tert-OH is 1. The van der Waals surface area contributed by atoms with E-state index in [4.69, 9.17) is 4.43 Å². The molecule has 1 atom stereocenters. The van der Waals surface area contributed by atoms with Crippen molar-refractivity contribution in [3.05, 3.63) is 0 Å². The van der Waals surface area contributed by atoms with E-state index in [2.05, 4.69) is 52.6 Å². The summed E-state index contributed by atoms with van der Waals surface area (Å²) in [5, 5.41) is 9.98. The predicted octanol–water partition coefficient (Wildman–Crippen LogP) is 4.73. The van der Waals surface area contributed by atoms with E-state index in [1.54, 1.807) is 0 Å². The van der Waals surface area contributed by atoms with Gasteiger partial charge in [-0.25, -0.2) is 0 Å². The van der Waals surface area contributed by atoms with Crippen molar-refractivity contribution >= 4 is 8.32 Å². The fraction of sp³-hybridized carbons (Fsp3) is 0.882. The summed E-state index contributed by atoms with van der Waals surface area (Å²) in [5.74, 6) is 5.97. The van der Waals surface area contributed by atoms with Gasteiger partial charge in [-0.05, 0) is 31.0 Å². The Kier molecular flexibility index (Phi) is 9.45. The van der Waals surface area contributed by atoms with E-state index in [-0.39, 0.29) is 5.04 Å². The van der Waals surface area contributed by atoms with E-state index in [0.717, 1.165) is 19.3 Å². The third kappa shape index (κ3) is 8.79. The van der Waals surface area contributed by atoms with Crippen LogP contribution in [0.5, 0.6) is 0 Å². The number of unbranched alkanes of at least 4 members (excludes halogenated alkanes) is 3. The van der Waals surface area contributed by atoms with Crippen LogP contribution in [0.25, 0.3) is 0 Å². The second kappa shape index (κ2) is 9.60. The van der Waals surface area contributed by atoms with Gasteiger partial charge >= 0.3 is 0 Å². The van der Waals surface area contributed by atoms with Gasteiger partial charge in [0.05, 0.1) is 0 Å². The molecule has 0 radical (unpaired) electrons. The molecular formula is C17H34O2Si. The van der Waals surface area contributed by atoms with Crippen molar-refractivity contribution in [2.24, 2.45) is 0 Å². The second-order valence-corrected chi connectivity index (χ2v) is 11.9. The van der Waals surface area contributed by atoms with Crippen molar-refractivity contribution in [1.29, 1.82) is 0 Å². The van der Waals surface area contributed by atoms with E-state index in [1.807, 2.05) is 0 Å². The van der Waals surface area contributed by atoms with Crippen molar-refractivity contribution in [3.63, 3.8) is 0 Å². The third-order valence-corrected chi connectivity index (χ3v) is 8.63. The van der Waals surface area contributed by atoms with Gasteiger partial charge in [0.1, 0.15) is 6.10 Å². The van der Waals surface area contributed by atoms with Gasteiger partial charge in [0, 0.05) is 13.0 Å². The van der Waals surface area contributed by atoms with Crippen LogP contribution in [0.2, 0.25) is 18.1 Å². The molecular weight excluding hydrogens is 264 g/mol. The standard InChI is InChI=1S/C17H34O2Si/c1-7-8-9-10-13-16(18)14-11-12-15-19-20(5,6)17(2,3)4/h16,18H,7-10,12-13,15H2,1-6H3. The highest BCUT2D eigenvalue weighted by Gasteiger charge is 2.36. The highest BCUT2D eigenvalue weighted by Crippen LogP contribution is 2.36. The molecule has 1 unspecified atom stereocenters. The summed E-state index contributed by atoms with van der Waals surface area (Å²) in [4.78, 5) is 0. The molecule has 0 aliphatic heterocycles. The van der Waals surface area contributed by atoms with Crippen LogP contribution in [0.4, 0.5) is 0 Å². The molecule has 0 saturated carbocycles. The number of rotatable bonds is 8. The first kappa shape index (κ1) is 19.7. The molecule has 0 heterocycles. The summed E-state index contributed by atoms with van der Waals surface area (Å²) in [6.45, 7) is 14.1. The zero-order chi connectivity index (χ0) is 15.6. The maximum atomic E-state index is 9.73. The molecule has 0 aliphatic rings. The molecule has 0 rings (SSSR count). The van der Waals surface area contributed by atoms with Gasteiger partial charge in [-0.2, -0.15) is 0 Å². The first-order chi connectivity index (χ1) is 9.20. The Labute approximate surface area is 127 Å². The van der Waals surface area contributed by atoms with Crippen LogP contribution in [-0.4, -0.2) is 26.1 Å². The van der Waals surface area contributed by atoms with Crippen LogP contribution < -0.4 is 0 Å². The van der Waals surface area contributed by atoms with E-state index < -0.39 is 14.4 Å². The maximum Gasteiger partial charge on any atom is 0.192 e. The lowest BCUT2D eigenvalue weighted by molar-refractivity contribution is 0.217. The fourth-order valence-electron chi connectivity index (χ4n) is 1.60. The van der Waals surface area contributed by atoms with E-state index >= 15 is 0 Å². The normalized spacial score (nSPS) is 13.8. The predicted molar refractivity (Wildman–Crippen MR) is 90.3 cm³/mol. The Morgan fingerprint density at radius 2 is 1.80 bits per heavy atom. The fourth-order valence-corrected chi connectivity index (χ4v) is 2.65. The Bertz CT molecular complexity index is 307. The average molecular weight is 299 g/mol. The van der Waals surface area contributed by atoms with Gasteiger partial charge in [-0.1, -0.05) is 58.8 Å². The molecule has 2 nitrogen and oxygen atoms in total. The molecule has 0 bridgehead atoms. The van der Waals surface area contributed by atoms with Crippen LogP contribution in [0.15, 0.2) is 0 Å². The van der Waals surface area contributed by atoms with Crippen molar-refractivity contribution in [3.8, 4) is 11.8 Å². The highest BCUT2D eigenvalue weighted by molar-refractivity contribution is 6.74. The summed E-state index contributed by atoms with van der Waals surface area (Å²) >= 11 is 0. The number of hydrogen-bond donors (Lipinski definition) is 1. The van der Waals surface area contributed by atoms with Crippen molar-refractivity contribution < 1.29 is 9.53 Å². The van der Waals surface area contributed by atoms with Gasteiger partial charge in [0.2, 0.25) is 0 Å². The quantitative estimate of drug-likeness (QED) is 0.399. The minimum Gasteiger partial charge on any atom is -0.416 e. The zero-order valence-electron chi connectivity index (χ0n) is 14.4. The van der Waals surface area contributed by atoms with Crippen LogP contribution >= 0.6 is 0 Å². The summed E-state index contributed by atoms with van der Waals surface area (Å²) in [7, 11) is -1.64. The van der Waals surface area contributed by atoms with E-state index in [0.29, 0.717) is 6.61 Å². The highest BCUT2D eigenvalue weighted by atomic mass is 28.4. The van der Waals surface area contributed by atoms with Crippen molar-refractivity contribution in [2.75, 3.05) is 6.61 Å². The number of aliphatic hydroxyl groups is 1. The Morgan fingerprint density at radius 1 is 1.15 bits per heavy atom. The molecule has 1 N–H and O–H groups in total. The topological polar surface area (TPSA) is 29.5 Å². The van der Waals surface area contributed by atoms with Gasteiger partial charge in [0.25, 0.3) is 0 Å². The molecule has 0 amide bonds. The summed E-state index contributed by atoms with van der Waals surface area (Å²) in [5.41, 5.74) is 0. The van der Waals surface area contributed by atoms with E-state index in [1.165, 1.54) is 19.3 Å². The Hall–Kier alpha value is -0.303. The molecule has 0 spiro atoms. The third-order valence-electron chi connectivity index (χ3n) is 4.10. The van der Waals surface area contributed by atoms with Gasteiger partial charge < -0.3 is 9.53 Å². The lowest BCUT2D eigenvalue weighted by Gasteiger charge is -2.35. The summed E-state index contributed by atoms with van der Waals surface area (Å²) < 4.78 is 6.04. The zero-order valence-corrected chi connectivity index (χ0v) is 15.4. The van der Waals surface area contributed by atoms with Crippen molar-refractivity contribution in [2.45, 2.75) is 90.5 Å². The molecule has 20 heavy (non-hydrogen) atoms. The van der Waals surface area contributed by atoms with Gasteiger partial charge in [-0.3, -0.25) is 0 Å². The largest absolute Gasteiger partial charge is 0.416 e. The first-order valence-electron chi connectivity index (χ1n) is 8.01. The molecule has 0 aromatic carbocycles. The summed E-state index contributed by atoms with van der Waals surface area (Å²) in [6, 6.07) is 0. The minimum atomic E-state index is -1.64. The van der Waals surface area contributed by atoms with Crippen LogP contribution in [0.3, 0.4) is 0 Å². The Morgan fingerprint density at radius 3 is 2.35 bits per heavy atom. The molecule has 0 aromatic heterocycles. The summed E-state index contributed by atoms with van der Waals surface area (Å²) in [6.07, 6.45) is 5.81. The molecule has 0 fully saturated rings. The molecule has 118 valence electrons. The van der Waals surface area contributed by atoms with Crippen molar-refractivity contribution in [1.82, 2.24) is 0 Å². The SMILES string of the molecule is CCCCCCC(O)C#CCCO[Si](C)(C)C(C)(C)C. The lowest BCUT2D eigenvalue weighted by Crippen LogP contribution is -2.40. The smallest absolute Gasteiger partial charge is 0.192 e. The maximum absolute atomic E-state index is 9.73. The molecule has 0 aliphatic carbocycles.